The summed E-state index contributed by atoms with van der Waals surface area (Å²) >= 11 is 0. The van der Waals surface area contributed by atoms with Gasteiger partial charge in [-0.3, -0.25) is 24.4 Å². The van der Waals surface area contributed by atoms with Crippen LogP contribution < -0.4 is 0 Å². The zero-order valence-corrected chi connectivity index (χ0v) is 11.4. The van der Waals surface area contributed by atoms with E-state index in [1.165, 1.54) is 11.9 Å². The SMILES string of the molecule is C#C[C@H]1[C@@H]2C(=O)N(C)C(=O)[C@@H]2[C@H](c2ccccn2)N1C. The Kier molecular flexibility index (Phi) is 2.84. The van der Waals surface area contributed by atoms with E-state index >= 15 is 0 Å². The molecule has 2 aliphatic heterocycles. The van der Waals surface area contributed by atoms with Gasteiger partial charge in [0.15, 0.2) is 0 Å². The smallest absolute Gasteiger partial charge is 0.235 e. The third-order valence-corrected chi connectivity index (χ3v) is 4.34. The van der Waals surface area contributed by atoms with Gasteiger partial charge < -0.3 is 0 Å². The van der Waals surface area contributed by atoms with Crippen molar-refractivity contribution in [1.82, 2.24) is 14.8 Å². The fourth-order valence-corrected chi connectivity index (χ4v) is 3.37. The highest BCUT2D eigenvalue weighted by atomic mass is 16.2. The van der Waals surface area contributed by atoms with Crippen molar-refractivity contribution in [1.29, 1.82) is 0 Å². The molecule has 1 aromatic rings. The van der Waals surface area contributed by atoms with Crippen LogP contribution in [0.5, 0.6) is 0 Å². The van der Waals surface area contributed by atoms with E-state index < -0.39 is 11.8 Å². The molecule has 1 aromatic heterocycles. The van der Waals surface area contributed by atoms with Crippen LogP contribution >= 0.6 is 0 Å². The van der Waals surface area contributed by atoms with Gasteiger partial charge in [0.25, 0.3) is 0 Å². The summed E-state index contributed by atoms with van der Waals surface area (Å²) in [5.74, 6) is 1.40. The molecule has 2 fully saturated rings. The fourth-order valence-electron chi connectivity index (χ4n) is 3.37. The Labute approximate surface area is 117 Å². The number of pyridine rings is 1. The third-order valence-electron chi connectivity index (χ3n) is 4.34. The third kappa shape index (κ3) is 1.52. The van der Waals surface area contributed by atoms with Gasteiger partial charge in [-0.25, -0.2) is 0 Å². The van der Waals surface area contributed by atoms with Crippen LogP contribution in [0.3, 0.4) is 0 Å². The summed E-state index contributed by atoms with van der Waals surface area (Å²) in [6, 6.07) is 4.95. The Hall–Kier alpha value is -2.19. The first-order valence-corrected chi connectivity index (χ1v) is 6.48. The lowest BCUT2D eigenvalue weighted by molar-refractivity contribution is -0.139. The van der Waals surface area contributed by atoms with Gasteiger partial charge in [0.05, 0.1) is 29.6 Å². The Bertz CT molecular complexity index is 607. The molecular formula is C15H15N3O2. The average molecular weight is 269 g/mol. The molecule has 0 bridgehead atoms. The summed E-state index contributed by atoms with van der Waals surface area (Å²) in [4.78, 5) is 32.1. The molecule has 3 rings (SSSR count). The van der Waals surface area contributed by atoms with Gasteiger partial charge in [-0.05, 0) is 19.2 Å². The molecule has 2 amide bonds. The van der Waals surface area contributed by atoms with Crippen molar-refractivity contribution in [3.05, 3.63) is 30.1 Å². The zero-order valence-electron chi connectivity index (χ0n) is 11.4. The standard InChI is InChI=1S/C15H15N3O2/c1-4-10-11-12(15(20)18(3)14(11)19)13(17(10)2)9-7-5-6-8-16-9/h1,5-8,10-13H,2-3H3/t10-,11-,12-,13-/m0/s1. The van der Waals surface area contributed by atoms with Gasteiger partial charge >= 0.3 is 0 Å². The highest BCUT2D eigenvalue weighted by molar-refractivity contribution is 6.06. The molecule has 3 heterocycles. The van der Waals surface area contributed by atoms with E-state index in [0.717, 1.165) is 5.69 Å². The number of hydrogen-bond acceptors (Lipinski definition) is 4. The van der Waals surface area contributed by atoms with Crippen molar-refractivity contribution >= 4 is 11.8 Å². The summed E-state index contributed by atoms with van der Waals surface area (Å²) < 4.78 is 0. The van der Waals surface area contributed by atoms with Crippen LogP contribution in [0.2, 0.25) is 0 Å². The molecule has 20 heavy (non-hydrogen) atoms. The minimum absolute atomic E-state index is 0.166. The van der Waals surface area contributed by atoms with Gasteiger partial charge in [-0.15, -0.1) is 6.42 Å². The number of likely N-dealkylation sites (tertiary alicyclic amines) is 2. The van der Waals surface area contributed by atoms with Crippen molar-refractivity contribution in [2.24, 2.45) is 11.8 Å². The van der Waals surface area contributed by atoms with E-state index in [0.29, 0.717) is 0 Å². The van der Waals surface area contributed by atoms with Gasteiger partial charge in [0.1, 0.15) is 0 Å². The highest BCUT2D eigenvalue weighted by Gasteiger charge is 2.60. The number of hydrogen-bond donors (Lipinski definition) is 0. The molecule has 4 atom stereocenters. The van der Waals surface area contributed by atoms with Crippen LogP contribution in [0.25, 0.3) is 0 Å². The molecule has 0 unspecified atom stereocenters. The molecule has 102 valence electrons. The number of rotatable bonds is 1. The van der Waals surface area contributed by atoms with Crippen LogP contribution in [0.15, 0.2) is 24.4 Å². The molecule has 0 radical (unpaired) electrons. The molecule has 2 aliphatic rings. The molecule has 0 spiro atoms. The summed E-state index contributed by atoms with van der Waals surface area (Å²) in [6.07, 6.45) is 7.27. The van der Waals surface area contributed by atoms with Crippen LogP contribution in [0, 0.1) is 24.2 Å². The highest BCUT2D eigenvalue weighted by Crippen LogP contribution is 2.47. The first-order chi connectivity index (χ1) is 9.57. The monoisotopic (exact) mass is 269 g/mol. The number of fused-ring (bicyclic) bond motifs is 1. The number of amides is 2. The van der Waals surface area contributed by atoms with Crippen molar-refractivity contribution < 1.29 is 9.59 Å². The van der Waals surface area contributed by atoms with Crippen molar-refractivity contribution in [3.8, 4) is 12.3 Å². The molecule has 2 saturated heterocycles. The zero-order chi connectivity index (χ0) is 14.4. The minimum atomic E-state index is -0.463. The van der Waals surface area contributed by atoms with Crippen LogP contribution in [-0.4, -0.2) is 46.7 Å². The molecule has 0 aromatic carbocycles. The maximum Gasteiger partial charge on any atom is 0.235 e. The topological polar surface area (TPSA) is 53.5 Å². The lowest BCUT2D eigenvalue weighted by Crippen LogP contribution is -2.38. The number of terminal acetylenes is 1. The predicted molar refractivity (Wildman–Crippen MR) is 72.1 cm³/mol. The summed E-state index contributed by atoms with van der Waals surface area (Å²) in [5, 5.41) is 0. The van der Waals surface area contributed by atoms with Crippen LogP contribution in [0.4, 0.5) is 0 Å². The quantitative estimate of drug-likeness (QED) is 0.543. The first-order valence-electron chi connectivity index (χ1n) is 6.48. The molecule has 5 heteroatoms. The lowest BCUT2D eigenvalue weighted by Gasteiger charge is -2.26. The molecule has 0 aliphatic carbocycles. The first kappa shape index (κ1) is 12.8. The largest absolute Gasteiger partial charge is 0.285 e. The van der Waals surface area contributed by atoms with E-state index in [-0.39, 0.29) is 23.9 Å². The summed E-state index contributed by atoms with van der Waals surface area (Å²) in [5.41, 5.74) is 0.777. The van der Waals surface area contributed by atoms with Crippen molar-refractivity contribution in [2.75, 3.05) is 14.1 Å². The van der Waals surface area contributed by atoms with Crippen LogP contribution in [0.1, 0.15) is 11.7 Å². The van der Waals surface area contributed by atoms with E-state index in [1.54, 1.807) is 6.20 Å². The van der Waals surface area contributed by atoms with Gasteiger partial charge in [0.2, 0.25) is 11.8 Å². The number of carbonyl (C=O) groups excluding carboxylic acids is 2. The maximum absolute atomic E-state index is 12.4. The number of imide groups is 1. The predicted octanol–water partition coefficient (Wildman–Crippen LogP) is 0.301. The summed E-state index contributed by atoms with van der Waals surface area (Å²) in [6.45, 7) is 0. The number of nitrogens with zero attached hydrogens (tertiary/aromatic N) is 3. The maximum atomic E-state index is 12.4. The van der Waals surface area contributed by atoms with E-state index in [4.69, 9.17) is 6.42 Å². The van der Waals surface area contributed by atoms with Crippen molar-refractivity contribution in [3.63, 3.8) is 0 Å². The summed E-state index contributed by atoms with van der Waals surface area (Å²) in [7, 11) is 3.37. The molecular weight excluding hydrogens is 254 g/mol. The normalized spacial score (nSPS) is 33.4. The number of carbonyl (C=O) groups is 2. The molecule has 0 N–H and O–H groups in total. The Morgan fingerprint density at radius 3 is 2.50 bits per heavy atom. The Morgan fingerprint density at radius 1 is 1.20 bits per heavy atom. The van der Waals surface area contributed by atoms with Gasteiger partial charge in [0, 0.05) is 13.2 Å². The second-order valence-electron chi connectivity index (χ2n) is 5.26. The van der Waals surface area contributed by atoms with Crippen molar-refractivity contribution in [2.45, 2.75) is 12.1 Å². The lowest BCUT2D eigenvalue weighted by atomic mass is 9.88. The minimum Gasteiger partial charge on any atom is -0.285 e. The second kappa shape index (κ2) is 4.43. The molecule has 5 nitrogen and oxygen atoms in total. The van der Waals surface area contributed by atoms with E-state index in [1.807, 2.05) is 30.1 Å². The average Bonchev–Trinajstić information content (AvgIpc) is 2.88. The molecule has 0 saturated carbocycles. The van der Waals surface area contributed by atoms with E-state index in [2.05, 4.69) is 10.9 Å². The van der Waals surface area contributed by atoms with Crippen LogP contribution in [-0.2, 0) is 9.59 Å². The van der Waals surface area contributed by atoms with Gasteiger partial charge in [-0.2, -0.15) is 0 Å². The van der Waals surface area contributed by atoms with E-state index in [9.17, 15) is 9.59 Å². The Balaban J connectivity index is 2.10. The second-order valence-corrected chi connectivity index (χ2v) is 5.26. The van der Waals surface area contributed by atoms with Gasteiger partial charge in [-0.1, -0.05) is 12.0 Å². The fraction of sp³-hybridized carbons (Fsp3) is 0.400. The number of aromatic nitrogens is 1. The Morgan fingerprint density at radius 2 is 1.90 bits per heavy atom.